The van der Waals surface area contributed by atoms with Gasteiger partial charge in [0.2, 0.25) is 5.91 Å². The van der Waals surface area contributed by atoms with Crippen molar-refractivity contribution in [2.45, 2.75) is 50.5 Å². The minimum absolute atomic E-state index is 0.00805. The van der Waals surface area contributed by atoms with Gasteiger partial charge in [-0.3, -0.25) is 9.59 Å². The van der Waals surface area contributed by atoms with Gasteiger partial charge in [-0.2, -0.15) is 13.2 Å². The standard InChI is InChI=1S/C27H27Br2F4N3O2S/c1-3-15-11-17(5-6-19(15)25(38)36-9-7-16(8-10-36)24(37)34-4-2)22-14-26(39-35-22,27(31,32)33)18-12-20(28)23(30)21(29)13-18/h5-6,11-13,16H,3-4,7-10,14H2,1-2H3,(H,34,37). The Hall–Kier alpha value is -1.92. The second-order valence-electron chi connectivity index (χ2n) is 9.57. The van der Waals surface area contributed by atoms with E-state index in [1.165, 1.54) is 0 Å². The van der Waals surface area contributed by atoms with Crippen LogP contribution in [0.3, 0.4) is 0 Å². The zero-order valence-corrected chi connectivity index (χ0v) is 25.3. The molecule has 2 aliphatic rings. The number of nitrogens with one attached hydrogen (secondary N) is 1. The molecule has 0 bridgehead atoms. The monoisotopic (exact) mass is 691 g/mol. The minimum Gasteiger partial charge on any atom is -0.356 e. The van der Waals surface area contributed by atoms with Gasteiger partial charge in [-0.15, -0.1) is 0 Å². The van der Waals surface area contributed by atoms with E-state index >= 15 is 0 Å². The van der Waals surface area contributed by atoms with Crippen LogP contribution in [0, 0.1) is 11.7 Å². The molecule has 2 aromatic rings. The van der Waals surface area contributed by atoms with Crippen LogP contribution in [-0.2, 0) is 16.0 Å². The zero-order chi connectivity index (χ0) is 28.5. The molecule has 2 amide bonds. The van der Waals surface area contributed by atoms with Crippen molar-refractivity contribution in [1.82, 2.24) is 10.2 Å². The summed E-state index contributed by atoms with van der Waals surface area (Å²) in [4.78, 5) is 27.2. The highest BCUT2D eigenvalue weighted by molar-refractivity contribution is 9.11. The smallest absolute Gasteiger partial charge is 0.356 e. The van der Waals surface area contributed by atoms with Crippen LogP contribution in [0.1, 0.15) is 60.2 Å². The fourth-order valence-electron chi connectivity index (χ4n) is 4.96. The van der Waals surface area contributed by atoms with Crippen molar-refractivity contribution in [3.63, 3.8) is 0 Å². The Labute approximate surface area is 245 Å². The molecule has 0 saturated carbocycles. The van der Waals surface area contributed by atoms with E-state index < -0.39 is 23.2 Å². The van der Waals surface area contributed by atoms with Gasteiger partial charge in [0, 0.05) is 37.5 Å². The van der Waals surface area contributed by atoms with Crippen LogP contribution in [0.4, 0.5) is 17.6 Å². The van der Waals surface area contributed by atoms with E-state index in [9.17, 15) is 27.2 Å². The van der Waals surface area contributed by atoms with E-state index in [-0.39, 0.29) is 38.0 Å². The first-order chi connectivity index (χ1) is 18.4. The fourth-order valence-corrected chi connectivity index (χ4v) is 7.11. The summed E-state index contributed by atoms with van der Waals surface area (Å²) >= 11 is 6.44. The van der Waals surface area contributed by atoms with Gasteiger partial charge in [-0.25, -0.2) is 8.79 Å². The van der Waals surface area contributed by atoms with Gasteiger partial charge in [0.25, 0.3) is 5.91 Å². The molecule has 0 aliphatic carbocycles. The van der Waals surface area contributed by atoms with Crippen LogP contribution < -0.4 is 5.32 Å². The molecule has 39 heavy (non-hydrogen) atoms. The molecule has 0 spiro atoms. The zero-order valence-electron chi connectivity index (χ0n) is 21.3. The number of hydrogen-bond donors (Lipinski definition) is 1. The number of nitrogens with zero attached hydrogens (tertiary/aromatic N) is 2. The number of halogens is 6. The second kappa shape index (κ2) is 11.9. The lowest BCUT2D eigenvalue weighted by Crippen LogP contribution is -2.43. The summed E-state index contributed by atoms with van der Waals surface area (Å²) in [6.07, 6.45) is -3.42. The molecule has 1 unspecified atom stereocenters. The van der Waals surface area contributed by atoms with Crippen LogP contribution >= 0.6 is 43.8 Å². The lowest BCUT2D eigenvalue weighted by molar-refractivity contribution is -0.159. The van der Waals surface area contributed by atoms with Gasteiger partial charge < -0.3 is 10.2 Å². The highest BCUT2D eigenvalue weighted by Crippen LogP contribution is 2.57. The lowest BCUT2D eigenvalue weighted by atomic mass is 9.88. The molecule has 1 fully saturated rings. The summed E-state index contributed by atoms with van der Waals surface area (Å²) in [7, 11) is 0. The number of hydrogen-bond acceptors (Lipinski definition) is 4. The summed E-state index contributed by atoms with van der Waals surface area (Å²) in [5.74, 6) is -0.938. The van der Waals surface area contributed by atoms with Crippen molar-refractivity contribution in [3.8, 4) is 0 Å². The molecule has 0 radical (unpaired) electrons. The number of likely N-dealkylation sites (tertiary alicyclic amines) is 1. The number of amides is 2. The molecule has 0 aromatic heterocycles. The third-order valence-electron chi connectivity index (χ3n) is 7.19. The fraction of sp³-hybridized carbons (Fsp3) is 0.444. The molecule has 12 heteroatoms. The molecule has 5 nitrogen and oxygen atoms in total. The Bertz CT molecular complexity index is 1290. The first kappa shape index (κ1) is 30.0. The summed E-state index contributed by atoms with van der Waals surface area (Å²) in [5.41, 5.74) is 1.87. The van der Waals surface area contributed by atoms with Gasteiger partial charge >= 0.3 is 6.18 Å². The van der Waals surface area contributed by atoms with Gasteiger partial charge in [0.15, 0.2) is 10.6 Å². The number of carbonyl (C=O) groups is 2. The molecule has 1 atom stereocenters. The first-order valence-corrected chi connectivity index (χ1v) is 14.9. The van der Waals surface area contributed by atoms with Crippen LogP contribution in [0.25, 0.3) is 0 Å². The largest absolute Gasteiger partial charge is 0.409 e. The van der Waals surface area contributed by atoms with Crippen molar-refractivity contribution < 1.29 is 27.2 Å². The van der Waals surface area contributed by atoms with Crippen LogP contribution in [0.2, 0.25) is 0 Å². The van der Waals surface area contributed by atoms with Crippen molar-refractivity contribution in [2.75, 3.05) is 19.6 Å². The molecule has 210 valence electrons. The average Bonchev–Trinajstić information content (AvgIpc) is 3.38. The molecule has 2 aromatic carbocycles. The number of alkyl halides is 3. The highest BCUT2D eigenvalue weighted by atomic mass is 79.9. The number of benzene rings is 2. The second-order valence-corrected chi connectivity index (χ2v) is 12.3. The van der Waals surface area contributed by atoms with E-state index in [0.717, 1.165) is 12.1 Å². The van der Waals surface area contributed by atoms with Crippen LogP contribution in [0.5, 0.6) is 0 Å². The van der Waals surface area contributed by atoms with Gasteiger partial charge in [-0.05, 0) is 111 Å². The van der Waals surface area contributed by atoms with E-state index in [0.29, 0.717) is 67.5 Å². The number of piperidine rings is 1. The SMILES string of the molecule is CCNC(=O)C1CCN(C(=O)c2ccc(C3=NSC(c4cc(Br)c(F)c(Br)c4)(C(F)(F)F)C3)cc2CC)CC1. The van der Waals surface area contributed by atoms with E-state index in [2.05, 4.69) is 41.6 Å². The topological polar surface area (TPSA) is 61.8 Å². The molecular weight excluding hydrogens is 666 g/mol. The molecular formula is C27H27Br2F4N3O2S. The Morgan fingerprint density at radius 1 is 1.13 bits per heavy atom. The summed E-state index contributed by atoms with van der Waals surface area (Å²) < 4.78 is 59.3. The minimum atomic E-state index is -4.66. The maximum atomic E-state index is 14.5. The lowest BCUT2D eigenvalue weighted by Gasteiger charge is -2.32. The van der Waals surface area contributed by atoms with Crippen LogP contribution in [-0.4, -0.2) is 48.2 Å². The molecule has 1 N–H and O–H groups in total. The quantitative estimate of drug-likeness (QED) is 0.198. The average molecular weight is 693 g/mol. The Morgan fingerprint density at radius 3 is 2.33 bits per heavy atom. The third kappa shape index (κ3) is 5.93. The van der Waals surface area contributed by atoms with Gasteiger partial charge in [0.05, 0.1) is 14.7 Å². The van der Waals surface area contributed by atoms with Crippen molar-refractivity contribution >= 4 is 61.3 Å². The van der Waals surface area contributed by atoms with E-state index in [1.807, 2.05) is 13.8 Å². The maximum Gasteiger partial charge on any atom is 0.409 e. The number of rotatable bonds is 6. The highest BCUT2D eigenvalue weighted by Gasteiger charge is 2.60. The third-order valence-corrected chi connectivity index (χ3v) is 9.58. The predicted molar refractivity (Wildman–Crippen MR) is 151 cm³/mol. The molecule has 1 saturated heterocycles. The molecule has 4 rings (SSSR count). The van der Waals surface area contributed by atoms with Gasteiger partial charge in [0.1, 0.15) is 0 Å². The summed E-state index contributed by atoms with van der Waals surface area (Å²) in [6, 6.07) is 7.31. The Morgan fingerprint density at radius 2 is 1.77 bits per heavy atom. The number of aryl methyl sites for hydroxylation is 1. The van der Waals surface area contributed by atoms with Crippen molar-refractivity contribution in [2.24, 2.45) is 10.3 Å². The molecule has 2 aliphatic heterocycles. The summed E-state index contributed by atoms with van der Waals surface area (Å²) in [5, 5.41) is 2.83. The summed E-state index contributed by atoms with van der Waals surface area (Å²) in [6.45, 7) is 5.25. The predicted octanol–water partition coefficient (Wildman–Crippen LogP) is 7.20. The maximum absolute atomic E-state index is 14.5. The normalized spacial score (nSPS) is 20.2. The molecule has 2 heterocycles. The van der Waals surface area contributed by atoms with Crippen molar-refractivity contribution in [3.05, 3.63) is 67.3 Å². The number of carbonyl (C=O) groups excluding carboxylic acids is 2. The Balaban J connectivity index is 1.56. The van der Waals surface area contributed by atoms with E-state index in [1.54, 1.807) is 23.1 Å². The Kier molecular flexibility index (Phi) is 9.17. The van der Waals surface area contributed by atoms with Crippen LogP contribution in [0.15, 0.2) is 43.7 Å². The van der Waals surface area contributed by atoms with Crippen molar-refractivity contribution in [1.29, 1.82) is 0 Å². The first-order valence-electron chi connectivity index (χ1n) is 12.6. The van der Waals surface area contributed by atoms with Gasteiger partial charge in [-0.1, -0.05) is 13.0 Å². The van der Waals surface area contributed by atoms with E-state index in [4.69, 9.17) is 0 Å².